The van der Waals surface area contributed by atoms with Gasteiger partial charge in [0.1, 0.15) is 12.1 Å². The van der Waals surface area contributed by atoms with Crippen LogP contribution in [0.5, 0.6) is 5.75 Å². The first-order valence-electron chi connectivity index (χ1n) is 11.5. The smallest absolute Gasteiger partial charge is 0.240 e. The van der Waals surface area contributed by atoms with Crippen molar-refractivity contribution in [2.45, 2.75) is 50.7 Å². The summed E-state index contributed by atoms with van der Waals surface area (Å²) in [5.74, 6) is 1.09. The second-order valence-electron chi connectivity index (χ2n) is 8.83. The molecular formula is C24H30N6O2. The first kappa shape index (κ1) is 20.9. The molecule has 0 radical (unpaired) electrons. The lowest BCUT2D eigenvalue weighted by atomic mass is 10.0. The van der Waals surface area contributed by atoms with Gasteiger partial charge in [0.2, 0.25) is 5.91 Å². The van der Waals surface area contributed by atoms with Gasteiger partial charge < -0.3 is 9.64 Å². The normalized spacial score (nSPS) is 22.2. The van der Waals surface area contributed by atoms with Crippen molar-refractivity contribution in [1.29, 1.82) is 0 Å². The van der Waals surface area contributed by atoms with Gasteiger partial charge in [0, 0.05) is 31.7 Å². The Balaban J connectivity index is 1.47. The molecule has 5 rings (SSSR count). The van der Waals surface area contributed by atoms with Crippen molar-refractivity contribution in [2.75, 3.05) is 26.7 Å². The first-order valence-corrected chi connectivity index (χ1v) is 11.5. The number of ether oxygens (including phenoxy) is 1. The largest absolute Gasteiger partial charge is 0.496 e. The Kier molecular flexibility index (Phi) is 6.03. The van der Waals surface area contributed by atoms with Gasteiger partial charge in [0.25, 0.3) is 0 Å². The van der Waals surface area contributed by atoms with Crippen LogP contribution in [0.4, 0.5) is 0 Å². The van der Waals surface area contributed by atoms with Crippen LogP contribution in [-0.4, -0.2) is 68.7 Å². The van der Waals surface area contributed by atoms with Crippen molar-refractivity contribution >= 4 is 16.7 Å². The minimum Gasteiger partial charge on any atom is -0.496 e. The summed E-state index contributed by atoms with van der Waals surface area (Å²) < 4.78 is 7.53. The highest BCUT2D eigenvalue weighted by atomic mass is 16.5. The summed E-state index contributed by atoms with van der Waals surface area (Å²) in [6, 6.07) is 12.4. The van der Waals surface area contributed by atoms with Crippen LogP contribution in [0.15, 0.2) is 42.7 Å². The molecule has 1 amide bonds. The molecule has 8 nitrogen and oxygen atoms in total. The molecular weight excluding hydrogens is 404 g/mol. The predicted molar refractivity (Wildman–Crippen MR) is 121 cm³/mol. The third-order valence-corrected chi connectivity index (χ3v) is 6.90. The first-order chi connectivity index (χ1) is 15.7. The molecule has 0 unspecified atom stereocenters. The van der Waals surface area contributed by atoms with Crippen LogP contribution in [0.1, 0.15) is 43.7 Å². The number of hydrogen-bond donors (Lipinski definition) is 0. The molecule has 0 bridgehead atoms. The van der Waals surface area contributed by atoms with Crippen molar-refractivity contribution < 1.29 is 9.53 Å². The van der Waals surface area contributed by atoms with Crippen LogP contribution in [-0.2, 0) is 11.3 Å². The lowest BCUT2D eigenvalue weighted by molar-refractivity contribution is -0.136. The fourth-order valence-corrected chi connectivity index (χ4v) is 5.21. The molecule has 2 saturated heterocycles. The van der Waals surface area contributed by atoms with Crippen LogP contribution in [0.2, 0.25) is 0 Å². The standard InChI is InChI=1S/C24H30N6O2/c1-32-23-11-10-18-8-4-5-9-20(18)21(23)16-29-15-19(30-17-25-26-27-30)14-22(29)24(31)28-12-6-2-3-7-13-28/h4-5,8-11,17,19,22H,2-3,6-7,12-16H2,1H3/t19-,22-/m0/s1. The van der Waals surface area contributed by atoms with Crippen LogP contribution in [0.3, 0.4) is 0 Å². The summed E-state index contributed by atoms with van der Waals surface area (Å²) in [6.45, 7) is 3.09. The van der Waals surface area contributed by atoms with Crippen molar-refractivity contribution in [3.63, 3.8) is 0 Å². The minimum atomic E-state index is -0.189. The predicted octanol–water partition coefficient (Wildman–Crippen LogP) is 3.05. The number of aromatic nitrogens is 4. The Bertz CT molecular complexity index is 1060. The number of benzene rings is 2. The Hall–Kier alpha value is -3.00. The van der Waals surface area contributed by atoms with Crippen LogP contribution >= 0.6 is 0 Å². The number of fused-ring (bicyclic) bond motifs is 1. The Morgan fingerprint density at radius 1 is 1.09 bits per heavy atom. The maximum absolute atomic E-state index is 13.7. The molecule has 0 spiro atoms. The van der Waals surface area contributed by atoms with E-state index in [1.807, 2.05) is 12.1 Å². The molecule has 2 aromatic carbocycles. The van der Waals surface area contributed by atoms with E-state index >= 15 is 0 Å². The number of methoxy groups -OCH3 is 1. The van der Waals surface area contributed by atoms with Crippen LogP contribution in [0, 0.1) is 0 Å². The van der Waals surface area contributed by atoms with E-state index in [1.165, 1.54) is 23.6 Å². The van der Waals surface area contributed by atoms with E-state index in [2.05, 4.69) is 49.6 Å². The van der Waals surface area contributed by atoms with E-state index in [9.17, 15) is 4.79 Å². The lowest BCUT2D eigenvalue weighted by Gasteiger charge is -2.30. The van der Waals surface area contributed by atoms with E-state index in [1.54, 1.807) is 18.1 Å². The number of amides is 1. The molecule has 0 N–H and O–H groups in total. The summed E-state index contributed by atoms with van der Waals surface area (Å²) >= 11 is 0. The molecule has 3 aromatic rings. The fraction of sp³-hybridized carbons (Fsp3) is 0.500. The molecule has 2 aliphatic rings. The van der Waals surface area contributed by atoms with Gasteiger partial charge in [-0.3, -0.25) is 9.69 Å². The van der Waals surface area contributed by atoms with Gasteiger partial charge in [-0.15, -0.1) is 5.10 Å². The van der Waals surface area contributed by atoms with E-state index in [-0.39, 0.29) is 18.0 Å². The quantitative estimate of drug-likeness (QED) is 0.614. The molecule has 2 atom stereocenters. The van der Waals surface area contributed by atoms with Gasteiger partial charge >= 0.3 is 0 Å². The maximum Gasteiger partial charge on any atom is 0.240 e. The van der Waals surface area contributed by atoms with Gasteiger partial charge in [-0.05, 0) is 46.5 Å². The second kappa shape index (κ2) is 9.24. The van der Waals surface area contributed by atoms with E-state index in [0.717, 1.165) is 43.8 Å². The molecule has 0 aliphatic carbocycles. The summed E-state index contributed by atoms with van der Waals surface area (Å²) in [6.07, 6.45) is 6.96. The second-order valence-corrected chi connectivity index (χ2v) is 8.83. The van der Waals surface area contributed by atoms with Gasteiger partial charge in [-0.1, -0.05) is 43.2 Å². The van der Waals surface area contributed by atoms with Crippen LogP contribution < -0.4 is 4.74 Å². The third-order valence-electron chi connectivity index (χ3n) is 6.90. The van der Waals surface area contributed by atoms with Crippen molar-refractivity contribution in [3.05, 3.63) is 48.3 Å². The minimum absolute atomic E-state index is 0.0758. The SMILES string of the molecule is COc1ccc2ccccc2c1CN1C[C@@H](n2cnnn2)C[C@H]1C(=O)N1CCCCCC1. The van der Waals surface area contributed by atoms with E-state index in [0.29, 0.717) is 13.0 Å². The number of hydrogen-bond acceptors (Lipinski definition) is 6. The number of carbonyl (C=O) groups is 1. The highest BCUT2D eigenvalue weighted by Crippen LogP contribution is 2.34. The average Bonchev–Trinajstić information content (AvgIpc) is 3.42. The Morgan fingerprint density at radius 2 is 1.91 bits per heavy atom. The molecule has 168 valence electrons. The molecule has 0 saturated carbocycles. The molecule has 32 heavy (non-hydrogen) atoms. The van der Waals surface area contributed by atoms with Gasteiger partial charge in [0.05, 0.1) is 19.2 Å². The maximum atomic E-state index is 13.7. The molecule has 3 heterocycles. The number of tetrazole rings is 1. The topological polar surface area (TPSA) is 76.4 Å². The number of nitrogens with zero attached hydrogens (tertiary/aromatic N) is 6. The molecule has 2 aliphatic heterocycles. The zero-order valence-corrected chi connectivity index (χ0v) is 18.6. The van der Waals surface area contributed by atoms with Crippen molar-refractivity contribution in [2.24, 2.45) is 0 Å². The highest BCUT2D eigenvalue weighted by molar-refractivity contribution is 5.88. The Morgan fingerprint density at radius 3 is 2.66 bits per heavy atom. The monoisotopic (exact) mass is 434 g/mol. The van der Waals surface area contributed by atoms with Crippen molar-refractivity contribution in [1.82, 2.24) is 30.0 Å². The Labute approximate surface area is 188 Å². The number of carbonyl (C=O) groups excluding carboxylic acids is 1. The van der Waals surface area contributed by atoms with Gasteiger partial charge in [-0.25, -0.2) is 4.68 Å². The molecule has 8 heteroatoms. The number of rotatable bonds is 5. The zero-order chi connectivity index (χ0) is 21.9. The highest BCUT2D eigenvalue weighted by Gasteiger charge is 2.40. The van der Waals surface area contributed by atoms with Crippen LogP contribution in [0.25, 0.3) is 10.8 Å². The van der Waals surface area contributed by atoms with Gasteiger partial charge in [0.15, 0.2) is 0 Å². The summed E-state index contributed by atoms with van der Waals surface area (Å²) in [5.41, 5.74) is 1.12. The van der Waals surface area contributed by atoms with Gasteiger partial charge in [-0.2, -0.15) is 0 Å². The van der Waals surface area contributed by atoms with E-state index in [4.69, 9.17) is 4.74 Å². The average molecular weight is 435 g/mol. The number of likely N-dealkylation sites (tertiary alicyclic amines) is 2. The van der Waals surface area contributed by atoms with E-state index < -0.39 is 0 Å². The third kappa shape index (κ3) is 4.07. The lowest BCUT2D eigenvalue weighted by Crippen LogP contribution is -2.45. The summed E-state index contributed by atoms with van der Waals surface area (Å²) in [5, 5.41) is 14.1. The molecule has 1 aromatic heterocycles. The fourth-order valence-electron chi connectivity index (χ4n) is 5.21. The summed E-state index contributed by atoms with van der Waals surface area (Å²) in [4.78, 5) is 18.1. The van der Waals surface area contributed by atoms with Crippen molar-refractivity contribution in [3.8, 4) is 5.75 Å². The molecule has 2 fully saturated rings. The zero-order valence-electron chi connectivity index (χ0n) is 18.6. The summed E-state index contributed by atoms with van der Waals surface area (Å²) in [7, 11) is 1.71.